The molecule has 2 aromatic heterocycles. The van der Waals surface area contributed by atoms with E-state index in [0.717, 1.165) is 5.56 Å². The third-order valence-electron chi connectivity index (χ3n) is 4.85. The van der Waals surface area contributed by atoms with Crippen LogP contribution in [-0.4, -0.2) is 27.3 Å². The first-order valence-electron chi connectivity index (χ1n) is 9.60. The number of esters is 1. The molecule has 0 atom stereocenters. The second kappa shape index (κ2) is 8.50. The predicted molar refractivity (Wildman–Crippen MR) is 116 cm³/mol. The topological polar surface area (TPSA) is 97.3 Å². The highest BCUT2D eigenvalue weighted by Gasteiger charge is 2.24. The number of hydrogen-bond acceptors (Lipinski definition) is 8. The molecule has 2 heterocycles. The molecule has 0 aliphatic carbocycles. The van der Waals surface area contributed by atoms with Crippen LogP contribution in [0.2, 0.25) is 0 Å². The lowest BCUT2D eigenvalue weighted by Crippen LogP contribution is -2.16. The lowest BCUT2D eigenvalue weighted by molar-refractivity contribution is 0.0730. The Hall–Kier alpha value is -4.20. The maximum Gasteiger partial charge on any atom is 0.344 e. The summed E-state index contributed by atoms with van der Waals surface area (Å²) in [6.45, 7) is 1.88. The number of furan rings is 1. The molecular weight excluding hydrogens is 416 g/mol. The molecule has 8 heteroatoms. The van der Waals surface area contributed by atoms with E-state index in [1.54, 1.807) is 30.3 Å². The molecule has 0 N–H and O–H groups in total. The summed E-state index contributed by atoms with van der Waals surface area (Å²) in [5.41, 5.74) is 0.855. The van der Waals surface area contributed by atoms with Crippen molar-refractivity contribution in [2.75, 3.05) is 21.3 Å². The Morgan fingerprint density at radius 2 is 1.62 bits per heavy atom. The van der Waals surface area contributed by atoms with Crippen LogP contribution in [0.5, 0.6) is 23.0 Å². The van der Waals surface area contributed by atoms with Gasteiger partial charge in [-0.05, 0) is 48.9 Å². The number of aryl methyl sites for hydroxylation is 1. The fraction of sp³-hybridized carbons (Fsp3) is 0.167. The Morgan fingerprint density at radius 3 is 2.22 bits per heavy atom. The van der Waals surface area contributed by atoms with Crippen molar-refractivity contribution in [1.29, 1.82) is 0 Å². The minimum atomic E-state index is -0.809. The normalized spacial score (nSPS) is 10.8. The van der Waals surface area contributed by atoms with E-state index in [1.807, 2.05) is 6.92 Å². The molecule has 0 saturated carbocycles. The molecule has 32 heavy (non-hydrogen) atoms. The summed E-state index contributed by atoms with van der Waals surface area (Å²) in [6, 6.07) is 11.2. The van der Waals surface area contributed by atoms with E-state index >= 15 is 0 Å². The van der Waals surface area contributed by atoms with Crippen molar-refractivity contribution in [3.63, 3.8) is 0 Å². The van der Waals surface area contributed by atoms with Crippen LogP contribution in [0.1, 0.15) is 15.9 Å². The fourth-order valence-electron chi connectivity index (χ4n) is 3.30. The summed E-state index contributed by atoms with van der Waals surface area (Å²) >= 11 is 0. The van der Waals surface area contributed by atoms with Gasteiger partial charge in [0.2, 0.25) is 22.7 Å². The summed E-state index contributed by atoms with van der Waals surface area (Å²) in [6.07, 6.45) is 1.43. The number of hydrogen-bond donors (Lipinski definition) is 0. The molecule has 4 aromatic rings. The van der Waals surface area contributed by atoms with Crippen LogP contribution >= 0.6 is 0 Å². The van der Waals surface area contributed by atoms with Crippen LogP contribution in [0.4, 0.5) is 0 Å². The largest absolute Gasteiger partial charge is 0.493 e. The average Bonchev–Trinajstić information content (AvgIpc) is 3.34. The Bertz CT molecular complexity index is 1320. The minimum Gasteiger partial charge on any atom is -0.493 e. The van der Waals surface area contributed by atoms with Crippen molar-refractivity contribution >= 4 is 16.9 Å². The molecule has 0 aliphatic heterocycles. The van der Waals surface area contributed by atoms with Gasteiger partial charge in [0.05, 0.1) is 38.5 Å². The molecule has 8 nitrogen and oxygen atoms in total. The quantitative estimate of drug-likeness (QED) is 0.404. The zero-order valence-electron chi connectivity index (χ0n) is 17.9. The lowest BCUT2D eigenvalue weighted by Gasteiger charge is -2.14. The van der Waals surface area contributed by atoms with E-state index in [9.17, 15) is 9.59 Å². The first-order valence-corrected chi connectivity index (χ1v) is 9.60. The lowest BCUT2D eigenvalue weighted by atomic mass is 10.1. The zero-order valence-corrected chi connectivity index (χ0v) is 17.9. The SMILES string of the molecule is COc1cc(C(=O)Oc2c(-c3ccco3)oc3cc(C)ccc3c2=O)cc(OC)c1OC. The highest BCUT2D eigenvalue weighted by molar-refractivity contribution is 5.94. The molecule has 4 rings (SSSR count). The van der Waals surface area contributed by atoms with Gasteiger partial charge in [0.15, 0.2) is 17.3 Å². The van der Waals surface area contributed by atoms with Crippen LogP contribution in [0.15, 0.2) is 62.4 Å². The number of carbonyl (C=O) groups is 1. The van der Waals surface area contributed by atoms with Crippen molar-refractivity contribution in [2.45, 2.75) is 6.92 Å². The maximum atomic E-state index is 13.2. The Morgan fingerprint density at radius 1 is 0.906 bits per heavy atom. The van der Waals surface area contributed by atoms with Crippen molar-refractivity contribution in [3.05, 3.63) is 70.1 Å². The van der Waals surface area contributed by atoms with E-state index in [0.29, 0.717) is 11.3 Å². The monoisotopic (exact) mass is 436 g/mol. The second-order valence-electron chi connectivity index (χ2n) is 6.87. The van der Waals surface area contributed by atoms with Gasteiger partial charge in [-0.15, -0.1) is 0 Å². The van der Waals surface area contributed by atoms with Gasteiger partial charge in [-0.3, -0.25) is 4.79 Å². The third-order valence-corrected chi connectivity index (χ3v) is 4.85. The summed E-state index contributed by atoms with van der Waals surface area (Å²) in [7, 11) is 4.32. The molecule has 164 valence electrons. The van der Waals surface area contributed by atoms with Crippen molar-refractivity contribution in [3.8, 4) is 34.5 Å². The Kier molecular flexibility index (Phi) is 5.59. The number of methoxy groups -OCH3 is 3. The molecule has 0 unspecified atom stereocenters. The molecule has 2 aromatic carbocycles. The molecule has 0 fully saturated rings. The van der Waals surface area contributed by atoms with Gasteiger partial charge in [0.25, 0.3) is 0 Å². The molecule has 0 bridgehead atoms. The number of carbonyl (C=O) groups excluding carboxylic acids is 1. The smallest absolute Gasteiger partial charge is 0.344 e. The van der Waals surface area contributed by atoms with E-state index in [1.165, 1.54) is 39.7 Å². The Balaban J connectivity index is 1.85. The summed E-state index contributed by atoms with van der Waals surface area (Å²) < 4.78 is 32.7. The molecule has 0 spiro atoms. The van der Waals surface area contributed by atoms with Gasteiger partial charge in [-0.2, -0.15) is 0 Å². The maximum absolute atomic E-state index is 13.2. The van der Waals surface area contributed by atoms with Crippen LogP contribution in [0, 0.1) is 6.92 Å². The van der Waals surface area contributed by atoms with Crippen molar-refractivity contribution in [2.24, 2.45) is 0 Å². The van der Waals surface area contributed by atoms with Crippen LogP contribution < -0.4 is 24.4 Å². The van der Waals surface area contributed by atoms with Gasteiger partial charge in [-0.1, -0.05) is 6.07 Å². The van der Waals surface area contributed by atoms with Gasteiger partial charge >= 0.3 is 5.97 Å². The van der Waals surface area contributed by atoms with E-state index in [4.69, 9.17) is 27.8 Å². The van der Waals surface area contributed by atoms with E-state index in [-0.39, 0.29) is 39.7 Å². The minimum absolute atomic E-state index is 0.0129. The highest BCUT2D eigenvalue weighted by atomic mass is 16.5. The predicted octanol–water partition coefficient (Wildman–Crippen LogP) is 4.61. The zero-order chi connectivity index (χ0) is 22.8. The summed E-state index contributed by atoms with van der Waals surface area (Å²) in [4.78, 5) is 26.2. The van der Waals surface area contributed by atoms with Gasteiger partial charge < -0.3 is 27.8 Å². The molecule has 0 aliphatic rings. The molecular formula is C24H20O8. The van der Waals surface area contributed by atoms with Crippen LogP contribution in [0.3, 0.4) is 0 Å². The van der Waals surface area contributed by atoms with E-state index < -0.39 is 11.4 Å². The van der Waals surface area contributed by atoms with Gasteiger partial charge in [0.1, 0.15) is 5.58 Å². The summed E-state index contributed by atoms with van der Waals surface area (Å²) in [5.74, 6) is 0.0311. The first kappa shape index (κ1) is 21.0. The molecule has 0 radical (unpaired) electrons. The fourth-order valence-corrected chi connectivity index (χ4v) is 3.30. The number of rotatable bonds is 6. The number of ether oxygens (including phenoxy) is 4. The molecule has 0 saturated heterocycles. The van der Waals surface area contributed by atoms with Crippen molar-refractivity contribution in [1.82, 2.24) is 0 Å². The molecule has 0 amide bonds. The second-order valence-corrected chi connectivity index (χ2v) is 6.87. The summed E-state index contributed by atoms with van der Waals surface area (Å²) in [5, 5.41) is 0.276. The van der Waals surface area contributed by atoms with E-state index in [2.05, 4.69) is 0 Å². The number of benzene rings is 2. The van der Waals surface area contributed by atoms with Gasteiger partial charge in [-0.25, -0.2) is 4.79 Å². The van der Waals surface area contributed by atoms with Gasteiger partial charge in [0, 0.05) is 0 Å². The first-order chi connectivity index (χ1) is 15.5. The average molecular weight is 436 g/mol. The third kappa shape index (κ3) is 3.66. The van der Waals surface area contributed by atoms with Crippen LogP contribution in [0.25, 0.3) is 22.5 Å². The Labute approximate surface area is 182 Å². The van der Waals surface area contributed by atoms with Crippen molar-refractivity contribution < 1.29 is 32.6 Å². The standard InChI is InChI=1S/C24H20O8/c1-13-7-8-15-17(10-13)31-22(16-6-5-9-30-16)23(20(15)25)32-24(26)14-11-18(27-2)21(29-4)19(12-14)28-3/h5-12H,1-4H3. The number of fused-ring (bicyclic) bond motifs is 1. The van der Waals surface area contributed by atoms with Crippen LogP contribution in [-0.2, 0) is 0 Å². The highest BCUT2D eigenvalue weighted by Crippen LogP contribution is 2.39.